The smallest absolute Gasteiger partial charge is 0.0470 e. The van der Waals surface area contributed by atoms with Crippen molar-refractivity contribution >= 4 is 0 Å². The van der Waals surface area contributed by atoms with Gasteiger partial charge in [-0.15, -0.1) is 0 Å². The zero-order chi connectivity index (χ0) is 6.83. The normalized spacial score (nSPS) is 9.50. The van der Waals surface area contributed by atoms with Crippen LogP contribution in [0, 0.1) is 0 Å². The van der Waals surface area contributed by atoms with E-state index in [0.717, 1.165) is 0 Å². The molecule has 0 N–H and O–H groups in total. The number of hydrogen-bond acceptors (Lipinski definition) is 0. The van der Waals surface area contributed by atoms with Crippen LogP contribution in [0.25, 0.3) is 0 Å². The standard InChI is InChI=1S/2C4H8/c2*1-3-4-2/h2*3-4H,1-2H3/b4-3+;. The molecule has 8 heavy (non-hydrogen) atoms. The Morgan fingerprint density at radius 1 is 0.500 bits per heavy atom. The zero-order valence-corrected chi connectivity index (χ0v) is 6.31. The molecule has 0 aliphatic carbocycles. The van der Waals surface area contributed by atoms with Gasteiger partial charge in [-0.3, -0.25) is 0 Å². The second-order valence-corrected chi connectivity index (χ2v) is 1.33. The molecular formula is C8H16. The Morgan fingerprint density at radius 2 is 0.625 bits per heavy atom. The minimum Gasteiger partial charge on any atom is -0.0919 e. The van der Waals surface area contributed by atoms with Crippen LogP contribution in [0.3, 0.4) is 0 Å². The lowest BCUT2D eigenvalue weighted by Crippen LogP contribution is -1.26. The number of rotatable bonds is 0. The number of allylic oxidation sites excluding steroid dienone is 4. The van der Waals surface area contributed by atoms with Crippen LogP contribution in [0.2, 0.25) is 0 Å². The molecule has 0 nitrogen and oxygen atoms in total. The van der Waals surface area contributed by atoms with E-state index >= 15 is 0 Å². The van der Waals surface area contributed by atoms with E-state index in [4.69, 9.17) is 0 Å². The molecule has 0 aromatic rings. The van der Waals surface area contributed by atoms with Gasteiger partial charge in [-0.2, -0.15) is 0 Å². The summed E-state index contributed by atoms with van der Waals surface area (Å²) in [6.45, 7) is 8.00. The van der Waals surface area contributed by atoms with Gasteiger partial charge in [-0.05, 0) is 27.7 Å². The highest BCUT2D eigenvalue weighted by molar-refractivity contribution is 4.68. The maximum absolute atomic E-state index is 2.00. The summed E-state index contributed by atoms with van der Waals surface area (Å²) in [7, 11) is 0. The summed E-state index contributed by atoms with van der Waals surface area (Å²) < 4.78 is 0. The summed E-state index contributed by atoms with van der Waals surface area (Å²) in [5.41, 5.74) is 0. The van der Waals surface area contributed by atoms with Crippen molar-refractivity contribution in [2.75, 3.05) is 0 Å². The second kappa shape index (κ2) is 16.1. The van der Waals surface area contributed by atoms with Crippen molar-refractivity contribution in [1.29, 1.82) is 0 Å². The first-order valence-electron chi connectivity index (χ1n) is 2.98. The van der Waals surface area contributed by atoms with Gasteiger partial charge in [0.25, 0.3) is 0 Å². The van der Waals surface area contributed by atoms with Crippen LogP contribution >= 0.6 is 0 Å². The lowest BCUT2D eigenvalue weighted by molar-refractivity contribution is 1.64. The lowest BCUT2D eigenvalue weighted by atomic mass is 10.6. The number of hydrogen-bond donors (Lipinski definition) is 0. The van der Waals surface area contributed by atoms with E-state index < -0.39 is 0 Å². The van der Waals surface area contributed by atoms with Crippen molar-refractivity contribution in [3.8, 4) is 0 Å². The highest BCUT2D eigenvalue weighted by Crippen LogP contribution is 1.57. The Hall–Kier alpha value is -0.520. The van der Waals surface area contributed by atoms with Crippen molar-refractivity contribution in [3.05, 3.63) is 24.3 Å². The highest BCUT2D eigenvalue weighted by Gasteiger charge is 1.34. The van der Waals surface area contributed by atoms with E-state index in [-0.39, 0.29) is 0 Å². The molecule has 0 unspecified atom stereocenters. The predicted octanol–water partition coefficient (Wildman–Crippen LogP) is 3.16. The fraction of sp³-hybridized carbons (Fsp3) is 0.500. The predicted molar refractivity (Wildman–Crippen MR) is 41.0 cm³/mol. The summed E-state index contributed by atoms with van der Waals surface area (Å²) in [5, 5.41) is 0. The van der Waals surface area contributed by atoms with Crippen LogP contribution in [0.4, 0.5) is 0 Å². The minimum absolute atomic E-state index is 2.00. The van der Waals surface area contributed by atoms with E-state index in [2.05, 4.69) is 0 Å². The van der Waals surface area contributed by atoms with Gasteiger partial charge < -0.3 is 0 Å². The molecule has 0 heteroatoms. The average molecular weight is 112 g/mol. The SMILES string of the molecule is C/C=C/C.CC=CC. The van der Waals surface area contributed by atoms with Crippen LogP contribution in [-0.2, 0) is 0 Å². The molecule has 0 atom stereocenters. The molecule has 0 saturated carbocycles. The minimum atomic E-state index is 2.00. The average Bonchev–Trinajstić information content (AvgIpc) is 1.88. The quantitative estimate of drug-likeness (QED) is 0.422. The summed E-state index contributed by atoms with van der Waals surface area (Å²) in [4.78, 5) is 0. The van der Waals surface area contributed by atoms with Gasteiger partial charge >= 0.3 is 0 Å². The first-order valence-corrected chi connectivity index (χ1v) is 2.98. The van der Waals surface area contributed by atoms with Gasteiger partial charge in [-0.25, -0.2) is 0 Å². The van der Waals surface area contributed by atoms with E-state index in [9.17, 15) is 0 Å². The molecule has 0 rings (SSSR count). The first kappa shape index (κ1) is 10.5. The molecule has 0 radical (unpaired) electrons. The molecule has 0 bridgehead atoms. The highest BCUT2D eigenvalue weighted by atomic mass is 13.4. The van der Waals surface area contributed by atoms with Gasteiger partial charge in [0.05, 0.1) is 0 Å². The summed E-state index contributed by atoms with van der Waals surface area (Å²) in [6.07, 6.45) is 8.00. The van der Waals surface area contributed by atoms with Crippen molar-refractivity contribution < 1.29 is 0 Å². The maximum atomic E-state index is 2.00. The molecule has 0 saturated heterocycles. The van der Waals surface area contributed by atoms with E-state index in [0.29, 0.717) is 0 Å². The summed E-state index contributed by atoms with van der Waals surface area (Å²) >= 11 is 0. The van der Waals surface area contributed by atoms with E-state index in [1.807, 2.05) is 52.0 Å². The van der Waals surface area contributed by atoms with Crippen molar-refractivity contribution in [1.82, 2.24) is 0 Å². The topological polar surface area (TPSA) is 0 Å². The molecule has 0 aromatic heterocycles. The summed E-state index contributed by atoms with van der Waals surface area (Å²) in [6, 6.07) is 0. The van der Waals surface area contributed by atoms with Crippen LogP contribution in [-0.4, -0.2) is 0 Å². The van der Waals surface area contributed by atoms with Crippen molar-refractivity contribution in [2.24, 2.45) is 0 Å². The van der Waals surface area contributed by atoms with Gasteiger partial charge in [-0.1, -0.05) is 24.3 Å². The third-order valence-corrected chi connectivity index (χ3v) is 0.667. The Labute approximate surface area is 52.9 Å². The van der Waals surface area contributed by atoms with E-state index in [1.165, 1.54) is 0 Å². The third-order valence-electron chi connectivity index (χ3n) is 0.667. The van der Waals surface area contributed by atoms with Gasteiger partial charge in [0.15, 0.2) is 0 Å². The third kappa shape index (κ3) is 50.2. The fourth-order valence-electron chi connectivity index (χ4n) is 0. The van der Waals surface area contributed by atoms with Crippen LogP contribution in [0.1, 0.15) is 27.7 Å². The molecule has 0 aliphatic heterocycles. The zero-order valence-electron chi connectivity index (χ0n) is 6.31. The van der Waals surface area contributed by atoms with Gasteiger partial charge in [0, 0.05) is 0 Å². The molecule has 0 heterocycles. The van der Waals surface area contributed by atoms with Crippen LogP contribution in [0.5, 0.6) is 0 Å². The fourth-order valence-corrected chi connectivity index (χ4v) is 0. The Morgan fingerprint density at radius 3 is 0.625 bits per heavy atom. The van der Waals surface area contributed by atoms with Crippen molar-refractivity contribution in [2.45, 2.75) is 27.7 Å². The molecule has 0 aromatic carbocycles. The molecule has 0 fully saturated rings. The molecule has 0 aliphatic rings. The van der Waals surface area contributed by atoms with E-state index in [1.54, 1.807) is 0 Å². The molecular weight excluding hydrogens is 96.1 g/mol. The summed E-state index contributed by atoms with van der Waals surface area (Å²) in [5.74, 6) is 0. The monoisotopic (exact) mass is 112 g/mol. The Balaban J connectivity index is 0. The molecule has 0 amide bonds. The van der Waals surface area contributed by atoms with Gasteiger partial charge in [0.2, 0.25) is 0 Å². The Bertz CT molecular complexity index is 40.4. The Kier molecular flexibility index (Phi) is 21.0. The van der Waals surface area contributed by atoms with Crippen LogP contribution < -0.4 is 0 Å². The van der Waals surface area contributed by atoms with Crippen molar-refractivity contribution in [3.63, 3.8) is 0 Å². The molecule has 48 valence electrons. The molecule has 0 spiro atoms. The van der Waals surface area contributed by atoms with Gasteiger partial charge in [0.1, 0.15) is 0 Å². The first-order chi connectivity index (χ1) is 3.83. The van der Waals surface area contributed by atoms with Crippen LogP contribution in [0.15, 0.2) is 24.3 Å². The lowest BCUT2D eigenvalue weighted by Gasteiger charge is -1.49. The largest absolute Gasteiger partial charge is 0.0919 e. The second-order valence-electron chi connectivity index (χ2n) is 1.33. The maximum Gasteiger partial charge on any atom is -0.0470 e.